The summed E-state index contributed by atoms with van der Waals surface area (Å²) in [6.45, 7) is 9.25. The zero-order valence-electron chi connectivity index (χ0n) is 30.2. The number of halogens is 3. The number of carbonyl (C=O) groups excluding carboxylic acids is 3. The molecule has 1 fully saturated rings. The van der Waals surface area contributed by atoms with Gasteiger partial charge in [0.1, 0.15) is 23.6 Å². The molecule has 6 rings (SSSR count). The molecular formula is C39H41F3N8O4. The summed E-state index contributed by atoms with van der Waals surface area (Å²) < 4.78 is 48.8. The van der Waals surface area contributed by atoms with Crippen molar-refractivity contribution in [3.05, 3.63) is 102 Å². The number of piperazine rings is 1. The zero-order valence-corrected chi connectivity index (χ0v) is 30.2. The lowest BCUT2D eigenvalue weighted by atomic mass is 9.97. The summed E-state index contributed by atoms with van der Waals surface area (Å²) in [4.78, 5) is 51.0. The molecule has 0 unspecified atom stereocenters. The summed E-state index contributed by atoms with van der Waals surface area (Å²) in [7, 11) is 1.46. The van der Waals surface area contributed by atoms with Gasteiger partial charge >= 0.3 is 6.18 Å². The van der Waals surface area contributed by atoms with E-state index < -0.39 is 23.4 Å². The molecule has 0 bridgehead atoms. The number of rotatable bonds is 11. The summed E-state index contributed by atoms with van der Waals surface area (Å²) in [5.74, 6) is -0.0129. The van der Waals surface area contributed by atoms with Crippen LogP contribution in [0, 0.1) is 6.92 Å². The number of hydrogen-bond acceptors (Lipinski definition) is 9. The number of anilines is 4. The van der Waals surface area contributed by atoms with Gasteiger partial charge in [-0.05, 0) is 91.1 Å². The van der Waals surface area contributed by atoms with Gasteiger partial charge in [0.05, 0.1) is 23.9 Å². The van der Waals surface area contributed by atoms with Crippen molar-refractivity contribution in [1.29, 1.82) is 0 Å². The molecule has 0 aliphatic carbocycles. The van der Waals surface area contributed by atoms with Crippen molar-refractivity contribution in [2.75, 3.05) is 60.4 Å². The van der Waals surface area contributed by atoms with Gasteiger partial charge in [-0.1, -0.05) is 19.6 Å². The lowest BCUT2D eigenvalue weighted by Gasteiger charge is -2.35. The topological polar surface area (TPSA) is 132 Å². The van der Waals surface area contributed by atoms with Crippen molar-refractivity contribution in [2.45, 2.75) is 39.3 Å². The van der Waals surface area contributed by atoms with Crippen LogP contribution in [0.1, 0.15) is 30.0 Å². The zero-order chi connectivity index (χ0) is 38.6. The molecule has 2 aliphatic rings. The molecule has 3 aromatic carbocycles. The predicted molar refractivity (Wildman–Crippen MR) is 201 cm³/mol. The van der Waals surface area contributed by atoms with Gasteiger partial charge in [0.25, 0.3) is 5.91 Å². The Kier molecular flexibility index (Phi) is 11.2. The fraction of sp³-hybridized carbons (Fsp3) is 0.308. The number of aryl methyl sites for hydroxylation is 3. The molecular weight excluding hydrogens is 701 g/mol. The second kappa shape index (κ2) is 16.0. The van der Waals surface area contributed by atoms with Gasteiger partial charge in [-0.15, -0.1) is 0 Å². The third-order valence-corrected chi connectivity index (χ3v) is 9.56. The molecule has 3 amide bonds. The van der Waals surface area contributed by atoms with Gasteiger partial charge in [-0.3, -0.25) is 19.4 Å². The van der Waals surface area contributed by atoms with Crippen molar-refractivity contribution < 1.29 is 32.3 Å². The smallest absolute Gasteiger partial charge is 0.433 e. The highest BCUT2D eigenvalue weighted by molar-refractivity contribution is 6.06. The maximum absolute atomic E-state index is 14.5. The Hall–Kier alpha value is -5.96. The summed E-state index contributed by atoms with van der Waals surface area (Å²) in [5, 5.41) is 7.23. The monoisotopic (exact) mass is 742 g/mol. The first-order valence-electron chi connectivity index (χ1n) is 17.5. The van der Waals surface area contributed by atoms with Crippen molar-refractivity contribution in [3.8, 4) is 5.75 Å². The standard InChI is InChI=1S/C39H41F3N8O4/c1-5-34(51)46-27-10-9-25(32(21-27)47-38(53)31-22-45-50(36(31)39(40,41)42)28-11-13-29(54-4)14-12-28)7-8-26-20-33-30(19-24(26)3)37(44-23-43-33)49-17-15-48(16-18-49)35(52)6-2/h6,9-14,19-21,23,45H,2,5,7-8,15-18,22H2,1,3-4H3,(H,46,51)(H,47,53). The van der Waals surface area contributed by atoms with Crippen LogP contribution >= 0.6 is 0 Å². The Balaban J connectivity index is 1.26. The van der Waals surface area contributed by atoms with Gasteiger partial charge in [0.15, 0.2) is 0 Å². The summed E-state index contributed by atoms with van der Waals surface area (Å²) in [5.41, 5.74) is 5.35. The quantitative estimate of drug-likeness (QED) is 0.166. The number of alkyl halides is 3. The maximum Gasteiger partial charge on any atom is 0.433 e. The first kappa shape index (κ1) is 37.8. The molecule has 0 spiro atoms. The van der Waals surface area contributed by atoms with Crippen LogP contribution in [0.5, 0.6) is 5.75 Å². The molecule has 4 aromatic rings. The number of methoxy groups -OCH3 is 1. The molecule has 15 heteroatoms. The number of benzene rings is 3. The highest BCUT2D eigenvalue weighted by atomic mass is 19.4. The lowest BCUT2D eigenvalue weighted by Crippen LogP contribution is -2.48. The third kappa shape index (κ3) is 8.15. The Morgan fingerprint density at radius 2 is 1.69 bits per heavy atom. The minimum absolute atomic E-state index is 0.0965. The van der Waals surface area contributed by atoms with E-state index in [1.807, 2.05) is 19.1 Å². The molecule has 3 N–H and O–H groups in total. The van der Waals surface area contributed by atoms with Crippen LogP contribution in [0.25, 0.3) is 10.9 Å². The number of carbonyl (C=O) groups is 3. The highest BCUT2D eigenvalue weighted by Crippen LogP contribution is 2.37. The van der Waals surface area contributed by atoms with E-state index in [0.717, 1.165) is 32.9 Å². The van der Waals surface area contributed by atoms with E-state index >= 15 is 0 Å². The number of aromatic nitrogens is 2. The van der Waals surface area contributed by atoms with E-state index in [9.17, 15) is 27.6 Å². The number of fused-ring (bicyclic) bond motifs is 1. The van der Waals surface area contributed by atoms with E-state index in [-0.39, 0.29) is 36.2 Å². The molecule has 0 atom stereocenters. The molecule has 0 radical (unpaired) electrons. The van der Waals surface area contributed by atoms with Gasteiger partial charge in [-0.25, -0.2) is 15.4 Å². The average Bonchev–Trinajstić information content (AvgIpc) is 3.64. The van der Waals surface area contributed by atoms with Crippen LogP contribution in [-0.2, 0) is 27.2 Å². The van der Waals surface area contributed by atoms with Crippen molar-refractivity contribution in [3.63, 3.8) is 0 Å². The summed E-state index contributed by atoms with van der Waals surface area (Å²) in [6.07, 6.45) is -0.852. The largest absolute Gasteiger partial charge is 0.497 e. The summed E-state index contributed by atoms with van der Waals surface area (Å²) in [6, 6.07) is 15.1. The van der Waals surface area contributed by atoms with Gasteiger partial charge in [0, 0.05) is 55.9 Å². The number of hydrogen-bond donors (Lipinski definition) is 3. The minimum Gasteiger partial charge on any atom is -0.497 e. The number of ether oxygens (including phenoxy) is 1. The SMILES string of the molecule is C=CC(=O)N1CCN(c2ncnc3cc(CCc4ccc(NC(=O)CC)cc4NC(=O)C4=C(C(F)(F)F)N(c5ccc(OC)cc5)NC4)c(C)cc23)CC1. The first-order chi connectivity index (χ1) is 25.9. The molecule has 54 heavy (non-hydrogen) atoms. The number of hydrazine groups is 1. The first-order valence-corrected chi connectivity index (χ1v) is 17.5. The van der Waals surface area contributed by atoms with E-state index in [1.54, 1.807) is 30.0 Å². The van der Waals surface area contributed by atoms with Gasteiger partial charge in [0.2, 0.25) is 11.8 Å². The molecule has 0 saturated carbocycles. The fourth-order valence-electron chi connectivity index (χ4n) is 6.63. The predicted octanol–water partition coefficient (Wildman–Crippen LogP) is 5.69. The van der Waals surface area contributed by atoms with Gasteiger partial charge in [-0.2, -0.15) is 13.2 Å². The van der Waals surface area contributed by atoms with Gasteiger partial charge < -0.3 is 25.2 Å². The van der Waals surface area contributed by atoms with Crippen LogP contribution < -0.4 is 30.7 Å². The van der Waals surface area contributed by atoms with E-state index in [1.165, 1.54) is 43.8 Å². The van der Waals surface area contributed by atoms with Crippen molar-refractivity contribution in [2.24, 2.45) is 0 Å². The Morgan fingerprint density at radius 3 is 2.35 bits per heavy atom. The Morgan fingerprint density at radius 1 is 0.963 bits per heavy atom. The molecule has 282 valence electrons. The minimum atomic E-state index is -4.86. The second-order valence-electron chi connectivity index (χ2n) is 12.9. The number of nitrogens with zero attached hydrogens (tertiary/aromatic N) is 5. The Labute approximate surface area is 310 Å². The fourth-order valence-corrected chi connectivity index (χ4v) is 6.63. The van der Waals surface area contributed by atoms with Crippen molar-refractivity contribution >= 4 is 51.5 Å². The summed E-state index contributed by atoms with van der Waals surface area (Å²) >= 11 is 0. The maximum atomic E-state index is 14.5. The van der Waals surface area contributed by atoms with Crippen molar-refractivity contribution in [1.82, 2.24) is 20.3 Å². The average molecular weight is 743 g/mol. The van der Waals surface area contributed by atoms with E-state index in [0.29, 0.717) is 56.0 Å². The molecule has 1 saturated heterocycles. The van der Waals surface area contributed by atoms with Crippen LogP contribution in [0.15, 0.2) is 84.8 Å². The third-order valence-electron chi connectivity index (χ3n) is 9.56. The lowest BCUT2D eigenvalue weighted by molar-refractivity contribution is -0.126. The van der Waals surface area contributed by atoms with E-state index in [4.69, 9.17) is 4.74 Å². The van der Waals surface area contributed by atoms with Crippen LogP contribution in [0.2, 0.25) is 0 Å². The molecule has 3 heterocycles. The van der Waals surface area contributed by atoms with E-state index in [2.05, 4.69) is 37.5 Å². The van der Waals surface area contributed by atoms with Crippen LogP contribution in [0.4, 0.5) is 36.1 Å². The Bertz CT molecular complexity index is 2110. The number of nitrogens with one attached hydrogen (secondary N) is 3. The molecule has 2 aliphatic heterocycles. The molecule has 12 nitrogen and oxygen atoms in total. The van der Waals surface area contributed by atoms with Crippen LogP contribution in [0.3, 0.4) is 0 Å². The number of allylic oxidation sites excluding steroid dienone is 1. The van der Waals surface area contributed by atoms with Crippen LogP contribution in [-0.4, -0.2) is 78.6 Å². The normalized spacial score (nSPS) is 14.7. The second-order valence-corrected chi connectivity index (χ2v) is 12.9. The highest BCUT2D eigenvalue weighted by Gasteiger charge is 2.46. The number of amides is 3. The molecule has 1 aromatic heterocycles.